The van der Waals surface area contributed by atoms with Crippen LogP contribution in [0.15, 0.2) is 0 Å². The van der Waals surface area contributed by atoms with E-state index >= 15 is 0 Å². The second-order valence-electron chi connectivity index (χ2n) is 0. The van der Waals surface area contributed by atoms with E-state index in [1.165, 1.54) is 0 Å². The molecule has 0 heterocycles. The van der Waals surface area contributed by atoms with E-state index in [2.05, 4.69) is 0 Å². The van der Waals surface area contributed by atoms with Gasteiger partial charge in [-0.25, -0.2) is 0 Å². The number of hydrogen-bond donors (Lipinski definition) is 0. The van der Waals surface area contributed by atoms with Gasteiger partial charge >= 0.3 is 19.8 Å². The van der Waals surface area contributed by atoms with Crippen LogP contribution in [0.25, 0.3) is 0 Å². The van der Waals surface area contributed by atoms with Gasteiger partial charge in [0.1, 0.15) is 9.12 Å². The van der Waals surface area contributed by atoms with Crippen LogP contribution >= 0.6 is 9.12 Å². The molecule has 4 heteroatoms. The Bertz CT molecular complexity index is 8.00. The van der Waals surface area contributed by atoms with Crippen LogP contribution in [0.4, 0.5) is 0 Å². The van der Waals surface area contributed by atoms with Gasteiger partial charge in [-0.15, -0.1) is 0 Å². The monoisotopic (exact) mass is 120 g/mol. The van der Waals surface area contributed by atoms with Gasteiger partial charge in [-0.3, -0.25) is 4.57 Å². The number of hydrogen-bond acceptors (Lipinski definition) is 2. The summed E-state index contributed by atoms with van der Waals surface area (Å²) in [4.78, 5) is 0. The summed E-state index contributed by atoms with van der Waals surface area (Å²) in [6, 6.07) is 0. The van der Waals surface area contributed by atoms with E-state index in [-0.39, 0.29) is 0 Å². The molecule has 4 heavy (non-hydrogen) atoms. The second kappa shape index (κ2) is 114. The predicted molar refractivity (Wildman–Crippen MR) is 9.69 cm³/mol. The molecule has 0 aromatic carbocycles. The van der Waals surface area contributed by atoms with Crippen molar-refractivity contribution in [3.05, 3.63) is 0 Å². The van der Waals surface area contributed by atoms with Crippen LogP contribution in [-0.2, 0) is 24.3 Å². The first-order valence-electron chi connectivity index (χ1n) is 0.348. The first-order chi connectivity index (χ1) is 2.00. The minimum absolute atomic E-state index is 1.72. The summed E-state index contributed by atoms with van der Waals surface area (Å²) in [6.07, 6.45) is 0. The standard InChI is InChI=1S/Fe.HOP.O/c;1-2;/h;2H;. The summed E-state index contributed by atoms with van der Waals surface area (Å²) >= 11 is 2.00. The summed E-state index contributed by atoms with van der Waals surface area (Å²) in [5.41, 5.74) is 0. The summed E-state index contributed by atoms with van der Waals surface area (Å²) in [5, 5.41) is 0. The maximum atomic E-state index is 8.06. The van der Waals surface area contributed by atoms with Gasteiger partial charge in [0.05, 0.1) is 0 Å². The Balaban J connectivity index is 0. The van der Waals surface area contributed by atoms with Gasteiger partial charge in [0.25, 0.3) is 0 Å². The SMILES string of the molecule is O=P.[O]=[Fe]. The Morgan fingerprint density at radius 2 is 1.25 bits per heavy atom. The van der Waals surface area contributed by atoms with Crippen LogP contribution in [-0.4, -0.2) is 0 Å². The van der Waals surface area contributed by atoms with E-state index in [4.69, 9.17) is 8.40 Å². The van der Waals surface area contributed by atoms with Crippen LogP contribution < -0.4 is 0 Å². The van der Waals surface area contributed by atoms with Gasteiger partial charge in [-0.1, -0.05) is 0 Å². The van der Waals surface area contributed by atoms with E-state index < -0.39 is 0 Å². The molecule has 0 fully saturated rings. The zero-order chi connectivity index (χ0) is 4.00. The Labute approximate surface area is 34.2 Å². The second-order valence-corrected chi connectivity index (χ2v) is 0. The van der Waals surface area contributed by atoms with Crippen molar-refractivity contribution >= 4 is 9.12 Å². The van der Waals surface area contributed by atoms with Crippen LogP contribution in [0.3, 0.4) is 0 Å². The Morgan fingerprint density at radius 3 is 1.25 bits per heavy atom. The third-order valence-corrected chi connectivity index (χ3v) is 0. The molecule has 0 aliphatic carbocycles. The molecule has 0 N–H and O–H groups in total. The normalized spacial score (nSPS) is 2.25. The quantitative estimate of drug-likeness (QED) is 0.341. The van der Waals surface area contributed by atoms with Gasteiger partial charge in [0.15, 0.2) is 0 Å². The van der Waals surface area contributed by atoms with Crippen LogP contribution in [0.2, 0.25) is 0 Å². The predicted octanol–water partition coefficient (Wildman–Crippen LogP) is 0.353. The van der Waals surface area contributed by atoms with Crippen LogP contribution in [0.5, 0.6) is 0 Å². The van der Waals surface area contributed by atoms with Gasteiger partial charge in [0, 0.05) is 0 Å². The molecule has 0 aromatic heterocycles. The minimum atomic E-state index is 1.72. The molecule has 0 saturated carbocycles. The van der Waals surface area contributed by atoms with E-state index in [0.29, 0.717) is 0 Å². The fraction of sp³-hybridized carbons (Fsp3) is 0. The van der Waals surface area contributed by atoms with Gasteiger partial charge in [-0.05, 0) is 0 Å². The molecule has 0 saturated heterocycles. The Kier molecular flexibility index (Phi) is 251. The number of rotatable bonds is 0. The molecular formula is HFeO2P. The zero-order valence-corrected chi connectivity index (χ0v) is 3.77. The van der Waals surface area contributed by atoms with E-state index in [1.807, 2.05) is 15.9 Å². The molecule has 0 rings (SSSR count). The molecule has 26 valence electrons. The molecule has 0 unspecified atom stereocenters. The van der Waals surface area contributed by atoms with E-state index in [1.54, 1.807) is 9.12 Å². The molecule has 0 aliphatic heterocycles. The summed E-state index contributed by atoms with van der Waals surface area (Å²) < 4.78 is 16.1. The third-order valence-electron chi connectivity index (χ3n) is 0. The summed E-state index contributed by atoms with van der Waals surface area (Å²) in [7, 11) is 1.72. The van der Waals surface area contributed by atoms with Crippen LogP contribution in [0.1, 0.15) is 0 Å². The average molecular weight is 120 g/mol. The molecular weight excluding hydrogens is 119 g/mol. The molecule has 0 aliphatic rings. The topological polar surface area (TPSA) is 34.1 Å². The van der Waals surface area contributed by atoms with Crippen molar-refractivity contribution < 1.29 is 24.3 Å². The Hall–Kier alpha value is 0.419. The van der Waals surface area contributed by atoms with Gasteiger partial charge < -0.3 is 0 Å². The van der Waals surface area contributed by atoms with Crippen molar-refractivity contribution in [1.29, 1.82) is 0 Å². The van der Waals surface area contributed by atoms with Crippen molar-refractivity contribution in [2.75, 3.05) is 0 Å². The molecule has 0 radical (unpaired) electrons. The van der Waals surface area contributed by atoms with Gasteiger partial charge in [0.2, 0.25) is 0 Å². The molecule has 0 atom stereocenters. The third kappa shape index (κ3) is 27.7. The summed E-state index contributed by atoms with van der Waals surface area (Å²) in [5.74, 6) is 0. The van der Waals surface area contributed by atoms with Crippen LogP contribution in [0, 0.1) is 0 Å². The molecule has 0 bridgehead atoms. The van der Waals surface area contributed by atoms with Gasteiger partial charge in [-0.2, -0.15) is 0 Å². The van der Waals surface area contributed by atoms with Crippen molar-refractivity contribution in [3.8, 4) is 0 Å². The van der Waals surface area contributed by atoms with Crippen molar-refractivity contribution in [1.82, 2.24) is 0 Å². The molecule has 0 aromatic rings. The average Bonchev–Trinajstić information content (AvgIpc) is 1.50. The maximum absolute atomic E-state index is 8.06. The van der Waals surface area contributed by atoms with Crippen molar-refractivity contribution in [2.24, 2.45) is 0 Å². The van der Waals surface area contributed by atoms with E-state index in [0.717, 1.165) is 0 Å². The molecule has 0 amide bonds. The van der Waals surface area contributed by atoms with Crippen molar-refractivity contribution in [3.63, 3.8) is 0 Å². The summed E-state index contributed by atoms with van der Waals surface area (Å²) in [6.45, 7) is 0. The first kappa shape index (κ1) is 8.83. The Morgan fingerprint density at radius 1 is 1.25 bits per heavy atom. The fourth-order valence-electron chi connectivity index (χ4n) is 0. The molecule has 0 spiro atoms. The molecule has 2 nitrogen and oxygen atoms in total. The van der Waals surface area contributed by atoms with Crippen molar-refractivity contribution in [2.45, 2.75) is 0 Å². The van der Waals surface area contributed by atoms with E-state index in [9.17, 15) is 0 Å². The fourth-order valence-corrected chi connectivity index (χ4v) is 0. The zero-order valence-electron chi connectivity index (χ0n) is 1.67. The first-order valence-corrected chi connectivity index (χ1v) is 1.21.